The fraction of sp³-hybridized carbons (Fsp3) is 0.200. The van der Waals surface area contributed by atoms with Gasteiger partial charge in [-0.25, -0.2) is 0 Å². The Hall–Kier alpha value is -1.00. The molecule has 2 rings (SSSR count). The maximum atomic E-state index is 11.8. The zero-order chi connectivity index (χ0) is 9.97. The lowest BCUT2D eigenvalue weighted by atomic mass is 10.1. The van der Waals surface area contributed by atoms with E-state index >= 15 is 0 Å². The molecule has 0 radical (unpaired) electrons. The summed E-state index contributed by atoms with van der Waals surface area (Å²) in [5.41, 5.74) is 2.83. The number of thiophene rings is 1. The van der Waals surface area contributed by atoms with E-state index in [1.54, 1.807) is 11.7 Å². The summed E-state index contributed by atoms with van der Waals surface area (Å²) in [4.78, 5) is 17.6. The third-order valence-corrected chi connectivity index (χ3v) is 3.77. The van der Waals surface area contributed by atoms with Gasteiger partial charge in [0.05, 0.1) is 10.4 Å². The predicted octanol–water partition coefficient (Wildman–Crippen LogP) is 2.94. The molecule has 0 fully saturated rings. The molecule has 0 aliphatic carbocycles. The average Bonchev–Trinajstić information content (AvgIpc) is 2.75. The number of hydrogen-bond donors (Lipinski definition) is 0. The third-order valence-electron chi connectivity index (χ3n) is 1.93. The summed E-state index contributed by atoms with van der Waals surface area (Å²) in [7, 11) is 0. The monoisotopic (exact) mass is 223 g/mol. The smallest absolute Gasteiger partial charge is 0.178 e. The Morgan fingerprint density at radius 1 is 1.50 bits per heavy atom. The molecule has 2 aromatic heterocycles. The van der Waals surface area contributed by atoms with E-state index in [9.17, 15) is 4.79 Å². The molecule has 0 aromatic carbocycles. The zero-order valence-electron chi connectivity index (χ0n) is 7.69. The highest BCUT2D eigenvalue weighted by molar-refractivity contribution is 7.12. The number of hydrogen-bond acceptors (Lipinski definition) is 4. The summed E-state index contributed by atoms with van der Waals surface area (Å²) < 4.78 is 0. The van der Waals surface area contributed by atoms with Crippen LogP contribution in [-0.4, -0.2) is 10.8 Å². The number of Topliss-reactive ketones (excluding diaryl/α,β-unsaturated/α-hetero) is 1. The Labute approximate surface area is 90.2 Å². The molecule has 0 atom stereocenters. The van der Waals surface area contributed by atoms with Gasteiger partial charge in [0.15, 0.2) is 5.78 Å². The van der Waals surface area contributed by atoms with Gasteiger partial charge in [-0.3, -0.25) is 9.78 Å². The molecule has 0 spiro atoms. The average molecular weight is 223 g/mol. The summed E-state index contributed by atoms with van der Waals surface area (Å²) >= 11 is 3.04. The lowest BCUT2D eigenvalue weighted by Crippen LogP contribution is -2.00. The van der Waals surface area contributed by atoms with Crippen LogP contribution in [0.5, 0.6) is 0 Å². The van der Waals surface area contributed by atoms with Gasteiger partial charge in [-0.2, -0.15) is 0 Å². The molecule has 0 N–H and O–H groups in total. The molecule has 0 aliphatic heterocycles. The second kappa shape index (κ2) is 4.02. The summed E-state index contributed by atoms with van der Waals surface area (Å²) in [5.74, 6) is 0.196. The van der Waals surface area contributed by atoms with Gasteiger partial charge >= 0.3 is 0 Å². The first-order valence-electron chi connectivity index (χ1n) is 4.22. The highest BCUT2D eigenvalue weighted by atomic mass is 32.1. The Kier molecular flexibility index (Phi) is 2.74. The maximum absolute atomic E-state index is 11.8. The van der Waals surface area contributed by atoms with Crippen LogP contribution in [0.15, 0.2) is 23.2 Å². The van der Waals surface area contributed by atoms with Gasteiger partial charge in [-0.05, 0) is 23.9 Å². The maximum Gasteiger partial charge on any atom is 0.178 e. The van der Waals surface area contributed by atoms with Crippen molar-refractivity contribution in [3.05, 3.63) is 38.5 Å². The van der Waals surface area contributed by atoms with Gasteiger partial charge in [-0.1, -0.05) is 0 Å². The van der Waals surface area contributed by atoms with Crippen molar-refractivity contribution in [2.24, 2.45) is 0 Å². The molecule has 0 unspecified atom stereocenters. The lowest BCUT2D eigenvalue weighted by molar-refractivity contribution is 0.0997. The van der Waals surface area contributed by atoms with Crippen molar-refractivity contribution in [2.75, 3.05) is 0 Å². The predicted molar refractivity (Wildman–Crippen MR) is 59.2 cm³/mol. The van der Waals surface area contributed by atoms with Crippen LogP contribution < -0.4 is 0 Å². The number of ketones is 1. The van der Waals surface area contributed by atoms with E-state index in [4.69, 9.17) is 0 Å². The standard InChI is InChI=1S/C10H9NOS2/c1-7-2-3-13-10(7)9(12)4-8-5-11-6-14-8/h2-3,5-6H,4H2,1H3. The first kappa shape index (κ1) is 9.55. The summed E-state index contributed by atoms with van der Waals surface area (Å²) in [5, 5.41) is 1.95. The van der Waals surface area contributed by atoms with Crippen molar-refractivity contribution in [3.8, 4) is 0 Å². The molecular formula is C10H9NOS2. The summed E-state index contributed by atoms with van der Waals surface area (Å²) in [6.45, 7) is 1.97. The number of nitrogens with zero attached hydrogens (tertiary/aromatic N) is 1. The molecule has 72 valence electrons. The van der Waals surface area contributed by atoms with Crippen LogP contribution in [0.25, 0.3) is 0 Å². The fourth-order valence-corrected chi connectivity index (χ4v) is 2.69. The lowest BCUT2D eigenvalue weighted by Gasteiger charge is -1.96. The fourth-order valence-electron chi connectivity index (χ4n) is 1.23. The van der Waals surface area contributed by atoms with Crippen molar-refractivity contribution in [1.29, 1.82) is 0 Å². The molecule has 4 heteroatoms. The minimum Gasteiger partial charge on any atom is -0.293 e. The highest BCUT2D eigenvalue weighted by Gasteiger charge is 2.11. The summed E-state index contributed by atoms with van der Waals surface area (Å²) in [6, 6.07) is 1.98. The van der Waals surface area contributed by atoms with Gasteiger partial charge in [0, 0.05) is 17.5 Å². The molecule has 2 nitrogen and oxygen atoms in total. The second-order valence-corrected chi connectivity index (χ2v) is 4.89. The molecule has 2 aromatic rings. The van der Waals surface area contributed by atoms with E-state index in [-0.39, 0.29) is 5.78 Å². The van der Waals surface area contributed by atoms with Crippen LogP contribution in [0, 0.1) is 6.92 Å². The van der Waals surface area contributed by atoms with Crippen LogP contribution in [0.4, 0.5) is 0 Å². The van der Waals surface area contributed by atoms with Crippen molar-refractivity contribution < 1.29 is 4.79 Å². The SMILES string of the molecule is Cc1ccsc1C(=O)Cc1cncs1. The minimum absolute atomic E-state index is 0.196. The largest absolute Gasteiger partial charge is 0.293 e. The molecule has 0 bridgehead atoms. The third kappa shape index (κ3) is 1.91. The van der Waals surface area contributed by atoms with Crippen LogP contribution in [0.2, 0.25) is 0 Å². The molecule has 14 heavy (non-hydrogen) atoms. The second-order valence-electron chi connectivity index (χ2n) is 3.00. The van der Waals surface area contributed by atoms with Gasteiger partial charge in [-0.15, -0.1) is 22.7 Å². The van der Waals surface area contributed by atoms with E-state index in [2.05, 4.69) is 4.98 Å². The number of aryl methyl sites for hydroxylation is 1. The number of carbonyl (C=O) groups excluding carboxylic acids is 1. The summed E-state index contributed by atoms with van der Waals surface area (Å²) in [6.07, 6.45) is 2.23. The molecule has 0 aliphatic rings. The van der Waals surface area contributed by atoms with E-state index in [0.29, 0.717) is 6.42 Å². The van der Waals surface area contributed by atoms with Gasteiger partial charge in [0.2, 0.25) is 0 Å². The first-order valence-corrected chi connectivity index (χ1v) is 5.98. The Balaban J connectivity index is 2.14. The van der Waals surface area contributed by atoms with Crippen LogP contribution in [-0.2, 0) is 6.42 Å². The Morgan fingerprint density at radius 2 is 2.36 bits per heavy atom. The minimum atomic E-state index is 0.196. The first-order chi connectivity index (χ1) is 6.77. The van der Waals surface area contributed by atoms with E-state index in [1.165, 1.54) is 22.7 Å². The van der Waals surface area contributed by atoms with Gasteiger partial charge in [0.1, 0.15) is 0 Å². The van der Waals surface area contributed by atoms with Crippen molar-refractivity contribution in [2.45, 2.75) is 13.3 Å². The van der Waals surface area contributed by atoms with Crippen molar-refractivity contribution >= 4 is 28.5 Å². The zero-order valence-corrected chi connectivity index (χ0v) is 9.32. The van der Waals surface area contributed by atoms with E-state index in [0.717, 1.165) is 15.3 Å². The molecule has 0 saturated carbocycles. The number of thiazole rings is 1. The van der Waals surface area contributed by atoms with Gasteiger partial charge in [0.25, 0.3) is 0 Å². The quantitative estimate of drug-likeness (QED) is 0.749. The normalized spacial score (nSPS) is 10.4. The number of carbonyl (C=O) groups is 1. The van der Waals surface area contributed by atoms with E-state index in [1.807, 2.05) is 18.4 Å². The number of rotatable bonds is 3. The number of aromatic nitrogens is 1. The van der Waals surface area contributed by atoms with Crippen molar-refractivity contribution in [3.63, 3.8) is 0 Å². The van der Waals surface area contributed by atoms with Crippen molar-refractivity contribution in [1.82, 2.24) is 4.98 Å². The van der Waals surface area contributed by atoms with Gasteiger partial charge < -0.3 is 0 Å². The van der Waals surface area contributed by atoms with E-state index < -0.39 is 0 Å². The van der Waals surface area contributed by atoms with Crippen LogP contribution in [0.3, 0.4) is 0 Å². The van der Waals surface area contributed by atoms with Crippen LogP contribution in [0.1, 0.15) is 20.1 Å². The topological polar surface area (TPSA) is 30.0 Å². The highest BCUT2D eigenvalue weighted by Crippen LogP contribution is 2.19. The molecule has 0 saturated heterocycles. The molecule has 0 amide bonds. The Bertz CT molecular complexity index is 431. The molecule has 2 heterocycles. The molecular weight excluding hydrogens is 214 g/mol. The van der Waals surface area contributed by atoms with Crippen LogP contribution >= 0.6 is 22.7 Å². The Morgan fingerprint density at radius 3 is 2.93 bits per heavy atom.